The van der Waals surface area contributed by atoms with Crippen molar-refractivity contribution >= 4 is 0 Å². The summed E-state index contributed by atoms with van der Waals surface area (Å²) in [5.74, 6) is 0. The summed E-state index contributed by atoms with van der Waals surface area (Å²) >= 11 is 0. The van der Waals surface area contributed by atoms with E-state index in [1.54, 1.807) is 0 Å². The molecule has 0 aromatic rings. The third-order valence-electron chi connectivity index (χ3n) is 3.42. The van der Waals surface area contributed by atoms with Crippen molar-refractivity contribution in [2.45, 2.75) is 70.3 Å². The summed E-state index contributed by atoms with van der Waals surface area (Å²) in [5, 5.41) is 10.2. The van der Waals surface area contributed by atoms with Gasteiger partial charge in [-0.05, 0) is 19.3 Å². The Hall–Kier alpha value is -0.0800. The molecule has 0 radical (unpaired) electrons. The lowest BCUT2D eigenvalue weighted by Crippen LogP contribution is -2.35. The molecular formula is C13H26O2. The predicted molar refractivity (Wildman–Crippen MR) is 63.0 cm³/mol. The van der Waals surface area contributed by atoms with Crippen LogP contribution < -0.4 is 0 Å². The fourth-order valence-electron chi connectivity index (χ4n) is 2.24. The molecule has 0 aromatic carbocycles. The van der Waals surface area contributed by atoms with Crippen molar-refractivity contribution in [3.63, 3.8) is 0 Å². The summed E-state index contributed by atoms with van der Waals surface area (Å²) in [7, 11) is 0. The number of aliphatic hydroxyl groups is 1. The lowest BCUT2D eigenvalue weighted by molar-refractivity contribution is -0.0690. The quantitative estimate of drug-likeness (QED) is 0.659. The third-order valence-corrected chi connectivity index (χ3v) is 3.42. The lowest BCUT2D eigenvalue weighted by Gasteiger charge is -2.32. The lowest BCUT2D eigenvalue weighted by atomic mass is 9.88. The molecule has 0 amide bonds. The minimum absolute atomic E-state index is 0.400. The Balaban J connectivity index is 1.98. The van der Waals surface area contributed by atoms with Gasteiger partial charge in [0.15, 0.2) is 0 Å². The highest BCUT2D eigenvalue weighted by atomic mass is 16.5. The first-order valence-electron chi connectivity index (χ1n) is 6.57. The first-order chi connectivity index (χ1) is 7.27. The first-order valence-corrected chi connectivity index (χ1v) is 6.57. The van der Waals surface area contributed by atoms with E-state index in [1.807, 2.05) is 0 Å². The van der Waals surface area contributed by atoms with Gasteiger partial charge in [0.2, 0.25) is 0 Å². The monoisotopic (exact) mass is 214 g/mol. The van der Waals surface area contributed by atoms with E-state index in [-0.39, 0.29) is 0 Å². The van der Waals surface area contributed by atoms with E-state index < -0.39 is 5.60 Å². The van der Waals surface area contributed by atoms with Crippen LogP contribution in [0.15, 0.2) is 0 Å². The Morgan fingerprint density at radius 2 is 1.60 bits per heavy atom. The minimum Gasteiger partial charge on any atom is -0.390 e. The van der Waals surface area contributed by atoms with Crippen LogP contribution in [0.1, 0.15) is 64.7 Å². The van der Waals surface area contributed by atoms with Crippen molar-refractivity contribution in [2.75, 3.05) is 13.2 Å². The van der Waals surface area contributed by atoms with Gasteiger partial charge in [0.05, 0.1) is 5.60 Å². The Bertz CT molecular complexity index is 151. The van der Waals surface area contributed by atoms with Crippen molar-refractivity contribution in [3.8, 4) is 0 Å². The summed E-state index contributed by atoms with van der Waals surface area (Å²) in [5.41, 5.74) is -0.400. The van der Waals surface area contributed by atoms with Crippen LogP contribution in [-0.2, 0) is 4.74 Å². The average molecular weight is 214 g/mol. The normalized spacial score (nSPS) is 20.4. The van der Waals surface area contributed by atoms with Gasteiger partial charge in [0.1, 0.15) is 0 Å². The zero-order valence-corrected chi connectivity index (χ0v) is 10.1. The molecule has 1 fully saturated rings. The molecule has 0 aliphatic carbocycles. The van der Waals surface area contributed by atoms with Gasteiger partial charge in [0.25, 0.3) is 0 Å². The molecule has 1 aliphatic rings. The van der Waals surface area contributed by atoms with E-state index in [9.17, 15) is 5.11 Å². The summed E-state index contributed by atoms with van der Waals surface area (Å²) < 4.78 is 5.26. The summed E-state index contributed by atoms with van der Waals surface area (Å²) in [4.78, 5) is 0. The van der Waals surface area contributed by atoms with Crippen LogP contribution >= 0.6 is 0 Å². The highest BCUT2D eigenvalue weighted by molar-refractivity contribution is 4.80. The highest BCUT2D eigenvalue weighted by Gasteiger charge is 2.28. The molecule has 0 bridgehead atoms. The van der Waals surface area contributed by atoms with E-state index in [0.29, 0.717) is 0 Å². The predicted octanol–water partition coefficient (Wildman–Crippen LogP) is 3.28. The molecule has 1 rings (SSSR count). The van der Waals surface area contributed by atoms with Gasteiger partial charge in [-0.3, -0.25) is 0 Å². The van der Waals surface area contributed by atoms with Crippen LogP contribution in [0, 0.1) is 0 Å². The fraction of sp³-hybridized carbons (Fsp3) is 1.00. The van der Waals surface area contributed by atoms with E-state index in [1.165, 1.54) is 38.5 Å². The largest absolute Gasteiger partial charge is 0.390 e. The average Bonchev–Trinajstić information content (AvgIpc) is 2.24. The molecule has 0 aromatic heterocycles. The number of unbranched alkanes of at least 4 members (excludes halogenated alkanes) is 5. The van der Waals surface area contributed by atoms with E-state index in [0.717, 1.165) is 32.5 Å². The molecule has 1 heterocycles. The Morgan fingerprint density at radius 3 is 2.27 bits per heavy atom. The Morgan fingerprint density at radius 1 is 1.00 bits per heavy atom. The van der Waals surface area contributed by atoms with Crippen LogP contribution in [0.5, 0.6) is 0 Å². The van der Waals surface area contributed by atoms with Crippen molar-refractivity contribution in [1.82, 2.24) is 0 Å². The Labute approximate surface area is 94.0 Å². The van der Waals surface area contributed by atoms with Gasteiger partial charge in [-0.1, -0.05) is 45.4 Å². The third kappa shape index (κ3) is 5.53. The van der Waals surface area contributed by atoms with E-state index >= 15 is 0 Å². The maximum atomic E-state index is 10.2. The van der Waals surface area contributed by atoms with Gasteiger partial charge in [-0.2, -0.15) is 0 Å². The second kappa shape index (κ2) is 7.24. The van der Waals surface area contributed by atoms with E-state index in [2.05, 4.69) is 6.92 Å². The minimum atomic E-state index is -0.400. The van der Waals surface area contributed by atoms with Gasteiger partial charge >= 0.3 is 0 Å². The summed E-state index contributed by atoms with van der Waals surface area (Å²) in [6.07, 6.45) is 10.5. The van der Waals surface area contributed by atoms with Crippen LogP contribution in [-0.4, -0.2) is 23.9 Å². The molecule has 0 atom stereocenters. The van der Waals surface area contributed by atoms with Crippen LogP contribution in [0.25, 0.3) is 0 Å². The zero-order valence-electron chi connectivity index (χ0n) is 10.1. The smallest absolute Gasteiger partial charge is 0.0691 e. The van der Waals surface area contributed by atoms with Crippen molar-refractivity contribution < 1.29 is 9.84 Å². The molecule has 90 valence electrons. The maximum absolute atomic E-state index is 10.2. The molecule has 2 nitrogen and oxygen atoms in total. The second-order valence-corrected chi connectivity index (χ2v) is 4.85. The molecule has 1 N–H and O–H groups in total. The van der Waals surface area contributed by atoms with Gasteiger partial charge in [-0.15, -0.1) is 0 Å². The van der Waals surface area contributed by atoms with Crippen molar-refractivity contribution in [2.24, 2.45) is 0 Å². The molecule has 0 spiro atoms. The van der Waals surface area contributed by atoms with Crippen molar-refractivity contribution in [1.29, 1.82) is 0 Å². The number of ether oxygens (including phenoxy) is 1. The van der Waals surface area contributed by atoms with E-state index in [4.69, 9.17) is 4.74 Å². The van der Waals surface area contributed by atoms with Gasteiger partial charge in [-0.25, -0.2) is 0 Å². The molecule has 0 saturated carbocycles. The van der Waals surface area contributed by atoms with Crippen LogP contribution in [0.2, 0.25) is 0 Å². The van der Waals surface area contributed by atoms with Crippen LogP contribution in [0.4, 0.5) is 0 Å². The topological polar surface area (TPSA) is 29.5 Å². The van der Waals surface area contributed by atoms with Crippen molar-refractivity contribution in [3.05, 3.63) is 0 Å². The highest BCUT2D eigenvalue weighted by Crippen LogP contribution is 2.26. The second-order valence-electron chi connectivity index (χ2n) is 4.85. The molecule has 2 heteroatoms. The number of hydrogen-bond donors (Lipinski definition) is 1. The zero-order chi connectivity index (χ0) is 11.0. The van der Waals surface area contributed by atoms with Gasteiger partial charge < -0.3 is 9.84 Å². The maximum Gasteiger partial charge on any atom is 0.0691 e. The molecule has 1 saturated heterocycles. The number of rotatable bonds is 7. The summed E-state index contributed by atoms with van der Waals surface area (Å²) in [6, 6.07) is 0. The summed E-state index contributed by atoms with van der Waals surface area (Å²) in [6.45, 7) is 3.73. The van der Waals surface area contributed by atoms with Gasteiger partial charge in [0, 0.05) is 13.2 Å². The molecule has 15 heavy (non-hydrogen) atoms. The SMILES string of the molecule is CCCCCCCCC1(O)CCOCC1. The molecular weight excluding hydrogens is 188 g/mol. The standard InChI is InChI=1S/C13H26O2/c1-2-3-4-5-6-7-8-13(14)9-11-15-12-10-13/h14H,2-12H2,1H3. The molecule has 0 unspecified atom stereocenters. The molecule has 1 aliphatic heterocycles. The Kier molecular flexibility index (Phi) is 6.26. The first kappa shape index (κ1) is 13.0. The van der Waals surface area contributed by atoms with Crippen LogP contribution in [0.3, 0.4) is 0 Å². The fourth-order valence-corrected chi connectivity index (χ4v) is 2.24. The number of hydrogen-bond acceptors (Lipinski definition) is 2.